The molecular formula is C26H27N3O5S. The van der Waals surface area contributed by atoms with E-state index in [9.17, 15) is 9.59 Å². The second kappa shape index (κ2) is 11.2. The van der Waals surface area contributed by atoms with Gasteiger partial charge in [0.1, 0.15) is 12.4 Å². The number of allylic oxidation sites excluding steroid dienone is 1. The number of carbonyl (C=O) groups excluding carboxylic acids is 2. The topological polar surface area (TPSA) is 89.5 Å². The van der Waals surface area contributed by atoms with Gasteiger partial charge >= 0.3 is 5.97 Å². The summed E-state index contributed by atoms with van der Waals surface area (Å²) in [5.41, 5.74) is 3.37. The Morgan fingerprint density at radius 3 is 2.49 bits per heavy atom. The Balaban J connectivity index is 1.59. The Hall–Kier alpha value is -3.56. The number of carbonyl (C=O) groups is 2. The van der Waals surface area contributed by atoms with Crippen molar-refractivity contribution in [3.63, 3.8) is 0 Å². The highest BCUT2D eigenvalue weighted by Gasteiger charge is 2.41. The van der Waals surface area contributed by atoms with Crippen LogP contribution in [0, 0.1) is 0 Å². The predicted octanol–water partition coefficient (Wildman–Crippen LogP) is 4.49. The van der Waals surface area contributed by atoms with Gasteiger partial charge in [-0.3, -0.25) is 4.79 Å². The Kier molecular flexibility index (Phi) is 7.89. The first-order valence-electron chi connectivity index (χ1n) is 11.1. The standard InChI is InChI=1S/C26H27N3O5S/c1-17-23(25(31)34-14-13-32-2)24(18-7-5-4-6-8-18)29-20(16-35-26(29)27-17)15-22(30)28-19-9-11-21(33-3)12-10-19/h4-12,16,24H,13-15H2,1-3H3,(H,28,30). The van der Waals surface area contributed by atoms with Crippen LogP contribution in [0.25, 0.3) is 0 Å². The lowest BCUT2D eigenvalue weighted by Crippen LogP contribution is -2.37. The van der Waals surface area contributed by atoms with Crippen molar-refractivity contribution >= 4 is 34.5 Å². The number of anilines is 1. The van der Waals surface area contributed by atoms with Gasteiger partial charge in [-0.15, -0.1) is 0 Å². The first kappa shape index (κ1) is 24.6. The highest BCUT2D eigenvalue weighted by atomic mass is 32.2. The summed E-state index contributed by atoms with van der Waals surface area (Å²) < 4.78 is 15.7. The molecule has 1 N–H and O–H groups in total. The van der Waals surface area contributed by atoms with Gasteiger partial charge in [0.25, 0.3) is 0 Å². The summed E-state index contributed by atoms with van der Waals surface area (Å²) in [6.07, 6.45) is 0.117. The normalized spacial score (nSPS) is 16.9. The second-order valence-corrected chi connectivity index (χ2v) is 8.72. The Morgan fingerprint density at radius 2 is 1.80 bits per heavy atom. The minimum absolute atomic E-state index is 0.117. The number of esters is 1. The first-order valence-corrected chi connectivity index (χ1v) is 12.0. The van der Waals surface area contributed by atoms with Gasteiger partial charge in [-0.1, -0.05) is 42.1 Å². The van der Waals surface area contributed by atoms with Gasteiger partial charge in [-0.2, -0.15) is 0 Å². The van der Waals surface area contributed by atoms with Gasteiger partial charge < -0.3 is 24.4 Å². The van der Waals surface area contributed by atoms with E-state index in [0.717, 1.165) is 16.4 Å². The van der Waals surface area contributed by atoms with Gasteiger partial charge in [0, 0.05) is 18.5 Å². The van der Waals surface area contributed by atoms with E-state index in [-0.39, 0.29) is 18.9 Å². The molecule has 1 amide bonds. The van der Waals surface area contributed by atoms with Crippen LogP contribution in [0.3, 0.4) is 0 Å². The number of hydrogen-bond acceptors (Lipinski definition) is 8. The molecule has 1 unspecified atom stereocenters. The van der Waals surface area contributed by atoms with Crippen LogP contribution >= 0.6 is 11.8 Å². The molecule has 0 saturated carbocycles. The molecule has 1 atom stereocenters. The molecule has 8 nitrogen and oxygen atoms in total. The summed E-state index contributed by atoms with van der Waals surface area (Å²) in [4.78, 5) is 32.7. The second-order valence-electron chi connectivity index (χ2n) is 7.89. The van der Waals surface area contributed by atoms with Crippen LogP contribution < -0.4 is 10.1 Å². The largest absolute Gasteiger partial charge is 0.497 e. The van der Waals surface area contributed by atoms with Crippen molar-refractivity contribution in [2.45, 2.75) is 19.4 Å². The Labute approximate surface area is 208 Å². The Morgan fingerprint density at radius 1 is 1.06 bits per heavy atom. The number of amidine groups is 1. The van der Waals surface area contributed by atoms with E-state index in [1.807, 2.05) is 47.6 Å². The van der Waals surface area contributed by atoms with E-state index in [4.69, 9.17) is 14.2 Å². The van der Waals surface area contributed by atoms with Crippen molar-refractivity contribution in [3.8, 4) is 5.75 Å². The number of nitrogens with one attached hydrogen (secondary N) is 1. The third kappa shape index (κ3) is 5.58. The number of rotatable bonds is 9. The zero-order valence-electron chi connectivity index (χ0n) is 19.8. The lowest BCUT2D eigenvalue weighted by Gasteiger charge is -2.36. The molecule has 0 fully saturated rings. The van der Waals surface area contributed by atoms with Crippen LogP contribution in [0.2, 0.25) is 0 Å². The number of thioether (sulfide) groups is 1. The summed E-state index contributed by atoms with van der Waals surface area (Å²) >= 11 is 1.44. The molecule has 0 bridgehead atoms. The highest BCUT2D eigenvalue weighted by Crippen LogP contribution is 2.44. The number of aliphatic imine (C=N–C) groups is 1. The van der Waals surface area contributed by atoms with Gasteiger partial charge in [0.05, 0.1) is 37.4 Å². The fourth-order valence-electron chi connectivity index (χ4n) is 3.92. The quantitative estimate of drug-likeness (QED) is 0.407. The van der Waals surface area contributed by atoms with Crippen LogP contribution in [0.15, 0.2) is 82.0 Å². The maximum absolute atomic E-state index is 13.1. The number of methoxy groups -OCH3 is 2. The van der Waals surface area contributed by atoms with Crippen LogP contribution in [-0.2, 0) is 19.1 Å². The average Bonchev–Trinajstić information content (AvgIpc) is 3.25. The molecule has 35 heavy (non-hydrogen) atoms. The number of amides is 1. The van der Waals surface area contributed by atoms with E-state index in [1.54, 1.807) is 38.5 Å². The summed E-state index contributed by atoms with van der Waals surface area (Å²) in [5, 5.41) is 5.55. The smallest absolute Gasteiger partial charge is 0.338 e. The lowest BCUT2D eigenvalue weighted by molar-refractivity contribution is -0.141. The van der Waals surface area contributed by atoms with Crippen LogP contribution in [-0.4, -0.2) is 49.4 Å². The molecule has 0 saturated heterocycles. The van der Waals surface area contributed by atoms with Crippen molar-refractivity contribution in [1.29, 1.82) is 0 Å². The summed E-state index contributed by atoms with van der Waals surface area (Å²) in [6.45, 7) is 2.26. The molecule has 4 rings (SSSR count). The molecule has 2 aliphatic heterocycles. The van der Waals surface area contributed by atoms with Crippen molar-refractivity contribution in [1.82, 2.24) is 4.90 Å². The molecule has 0 spiro atoms. The van der Waals surface area contributed by atoms with Gasteiger partial charge in [-0.05, 0) is 42.2 Å². The van der Waals surface area contributed by atoms with E-state index < -0.39 is 12.0 Å². The zero-order valence-corrected chi connectivity index (χ0v) is 20.6. The minimum atomic E-state index is -0.464. The molecule has 182 valence electrons. The van der Waals surface area contributed by atoms with Crippen molar-refractivity contribution in [2.24, 2.45) is 4.99 Å². The first-order chi connectivity index (χ1) is 17.0. The van der Waals surface area contributed by atoms with E-state index in [2.05, 4.69) is 10.3 Å². The fourth-order valence-corrected chi connectivity index (χ4v) is 4.89. The maximum atomic E-state index is 13.1. The third-order valence-electron chi connectivity index (χ3n) is 5.57. The van der Waals surface area contributed by atoms with Crippen LogP contribution in [0.4, 0.5) is 5.69 Å². The minimum Gasteiger partial charge on any atom is -0.497 e. The fraction of sp³-hybridized carbons (Fsp3) is 0.269. The van der Waals surface area contributed by atoms with Crippen LogP contribution in [0.5, 0.6) is 5.75 Å². The van der Waals surface area contributed by atoms with E-state index in [1.165, 1.54) is 11.8 Å². The number of fused-ring (bicyclic) bond motifs is 1. The third-order valence-corrected chi connectivity index (χ3v) is 6.46. The molecule has 0 aliphatic carbocycles. The summed E-state index contributed by atoms with van der Waals surface area (Å²) in [7, 11) is 3.15. The van der Waals surface area contributed by atoms with Crippen LogP contribution in [0.1, 0.15) is 24.9 Å². The lowest BCUT2D eigenvalue weighted by atomic mass is 9.94. The zero-order chi connectivity index (χ0) is 24.8. The predicted molar refractivity (Wildman–Crippen MR) is 136 cm³/mol. The molecule has 0 radical (unpaired) electrons. The average molecular weight is 494 g/mol. The molecular weight excluding hydrogens is 466 g/mol. The van der Waals surface area contributed by atoms with Gasteiger partial charge in [0.15, 0.2) is 5.17 Å². The van der Waals surface area contributed by atoms with Gasteiger partial charge in [-0.25, -0.2) is 9.79 Å². The highest BCUT2D eigenvalue weighted by molar-refractivity contribution is 8.16. The number of nitrogens with zero attached hydrogens (tertiary/aromatic N) is 2. The van der Waals surface area contributed by atoms with Crippen molar-refractivity contribution < 1.29 is 23.8 Å². The number of ether oxygens (including phenoxy) is 3. The summed E-state index contributed by atoms with van der Waals surface area (Å²) in [5.74, 6) is 0.0885. The molecule has 0 aromatic heterocycles. The number of benzene rings is 2. The molecule has 2 heterocycles. The number of hydrogen-bond donors (Lipinski definition) is 1. The van der Waals surface area contributed by atoms with E-state index >= 15 is 0 Å². The van der Waals surface area contributed by atoms with Crippen molar-refractivity contribution in [2.75, 3.05) is 32.8 Å². The van der Waals surface area contributed by atoms with Crippen molar-refractivity contribution in [3.05, 3.63) is 82.5 Å². The van der Waals surface area contributed by atoms with Gasteiger partial charge in [0.2, 0.25) is 5.91 Å². The monoisotopic (exact) mass is 493 g/mol. The molecule has 2 aromatic rings. The molecule has 2 aromatic carbocycles. The Bertz CT molecular complexity index is 1180. The summed E-state index contributed by atoms with van der Waals surface area (Å²) in [6, 6.07) is 16.4. The van der Waals surface area contributed by atoms with E-state index in [0.29, 0.717) is 29.3 Å². The SMILES string of the molecule is COCCOC(=O)C1=C(C)N=C2SC=C(CC(=O)Nc3ccc(OC)cc3)N2C1c1ccccc1. The molecule has 9 heteroatoms. The molecule has 2 aliphatic rings. The maximum Gasteiger partial charge on any atom is 0.338 e.